The first-order chi connectivity index (χ1) is 13.6. The zero-order valence-corrected chi connectivity index (χ0v) is 16.8. The number of hydrogen-bond donors (Lipinski definition) is 1. The molecular formula is C22H32N2O4. The van der Waals surface area contributed by atoms with Crippen molar-refractivity contribution >= 4 is 11.8 Å². The number of amides is 2. The fourth-order valence-corrected chi connectivity index (χ4v) is 3.94. The molecule has 3 rings (SSSR count). The summed E-state index contributed by atoms with van der Waals surface area (Å²) in [6, 6.07) is 9.95. The third-order valence-electron chi connectivity index (χ3n) is 5.75. The van der Waals surface area contributed by atoms with Crippen LogP contribution in [0.25, 0.3) is 0 Å². The van der Waals surface area contributed by atoms with Crippen LogP contribution >= 0.6 is 0 Å². The maximum absolute atomic E-state index is 13.4. The van der Waals surface area contributed by atoms with E-state index in [2.05, 4.69) is 5.32 Å². The Kier molecular flexibility index (Phi) is 7.45. The first-order valence-corrected chi connectivity index (χ1v) is 10.5. The van der Waals surface area contributed by atoms with Gasteiger partial charge in [-0.1, -0.05) is 37.3 Å². The van der Waals surface area contributed by atoms with Gasteiger partial charge in [-0.15, -0.1) is 0 Å². The van der Waals surface area contributed by atoms with Crippen LogP contribution in [0.15, 0.2) is 30.3 Å². The Morgan fingerprint density at radius 3 is 2.50 bits per heavy atom. The molecule has 0 bridgehead atoms. The van der Waals surface area contributed by atoms with Gasteiger partial charge >= 0.3 is 0 Å². The van der Waals surface area contributed by atoms with Crippen molar-refractivity contribution < 1.29 is 19.1 Å². The Morgan fingerprint density at radius 1 is 1.18 bits per heavy atom. The Balaban J connectivity index is 1.60. The highest BCUT2D eigenvalue weighted by atomic mass is 16.5. The van der Waals surface area contributed by atoms with Gasteiger partial charge in [-0.25, -0.2) is 0 Å². The third-order valence-corrected chi connectivity index (χ3v) is 5.75. The number of carbonyl (C=O) groups is 2. The monoisotopic (exact) mass is 388 g/mol. The van der Waals surface area contributed by atoms with E-state index in [1.165, 1.54) is 0 Å². The van der Waals surface area contributed by atoms with E-state index < -0.39 is 5.60 Å². The van der Waals surface area contributed by atoms with Gasteiger partial charge in [0.25, 0.3) is 5.91 Å². The summed E-state index contributed by atoms with van der Waals surface area (Å²) in [5.41, 5.74) is 0.248. The Labute approximate surface area is 167 Å². The molecule has 154 valence electrons. The number of nitrogens with zero attached hydrogens (tertiary/aromatic N) is 1. The molecule has 2 aliphatic rings. The number of nitrogens with one attached hydrogen (secondary N) is 1. The average molecular weight is 389 g/mol. The lowest BCUT2D eigenvalue weighted by atomic mass is 9.89. The lowest BCUT2D eigenvalue weighted by Crippen LogP contribution is -2.55. The van der Waals surface area contributed by atoms with Crippen LogP contribution in [0, 0.1) is 5.92 Å². The summed E-state index contributed by atoms with van der Waals surface area (Å²) in [5.74, 6) is 0.181. The normalized spacial score (nSPS) is 20.0. The number of carbonyl (C=O) groups excluding carboxylic acids is 2. The molecule has 2 fully saturated rings. The van der Waals surface area contributed by atoms with Crippen LogP contribution in [0.1, 0.15) is 44.6 Å². The van der Waals surface area contributed by atoms with E-state index in [-0.39, 0.29) is 17.7 Å². The summed E-state index contributed by atoms with van der Waals surface area (Å²) in [6.07, 6.45) is 3.52. The molecule has 2 amide bonds. The minimum absolute atomic E-state index is 0.00600. The second kappa shape index (κ2) is 10.0. The number of piperidine rings is 1. The summed E-state index contributed by atoms with van der Waals surface area (Å²) in [4.78, 5) is 27.5. The number of rotatable bonds is 7. The van der Waals surface area contributed by atoms with Crippen molar-refractivity contribution in [3.63, 3.8) is 0 Å². The minimum atomic E-state index is -0.814. The number of benzene rings is 1. The molecule has 0 spiro atoms. The number of likely N-dealkylation sites (tertiary alicyclic amines) is 1. The lowest BCUT2D eigenvalue weighted by Gasteiger charge is -2.41. The molecule has 0 aliphatic carbocycles. The van der Waals surface area contributed by atoms with Gasteiger partial charge in [0.1, 0.15) is 0 Å². The lowest BCUT2D eigenvalue weighted by molar-refractivity contribution is -0.175. The Bertz CT molecular complexity index is 635. The first kappa shape index (κ1) is 20.8. The summed E-state index contributed by atoms with van der Waals surface area (Å²) in [7, 11) is 0. The maximum Gasteiger partial charge on any atom is 0.255 e. The van der Waals surface area contributed by atoms with E-state index in [9.17, 15) is 9.59 Å². The molecule has 2 saturated heterocycles. The van der Waals surface area contributed by atoms with Crippen molar-refractivity contribution in [1.29, 1.82) is 0 Å². The predicted molar refractivity (Wildman–Crippen MR) is 107 cm³/mol. The maximum atomic E-state index is 13.4. The van der Waals surface area contributed by atoms with Gasteiger partial charge in [0.15, 0.2) is 5.60 Å². The van der Waals surface area contributed by atoms with Gasteiger partial charge in [-0.05, 0) is 24.8 Å². The van der Waals surface area contributed by atoms with Crippen LogP contribution in [0.5, 0.6) is 0 Å². The average Bonchev–Trinajstić information content (AvgIpc) is 2.77. The van der Waals surface area contributed by atoms with E-state index in [1.807, 2.05) is 42.2 Å². The highest BCUT2D eigenvalue weighted by Crippen LogP contribution is 2.31. The van der Waals surface area contributed by atoms with E-state index in [0.717, 1.165) is 12.0 Å². The second-order valence-corrected chi connectivity index (χ2v) is 7.74. The zero-order chi connectivity index (χ0) is 19.8. The molecule has 2 aliphatic heterocycles. The molecule has 0 atom stereocenters. The Morgan fingerprint density at radius 2 is 1.86 bits per heavy atom. The molecule has 1 aromatic carbocycles. The zero-order valence-electron chi connectivity index (χ0n) is 16.8. The smallest absolute Gasteiger partial charge is 0.255 e. The molecular weight excluding hydrogens is 356 g/mol. The SMILES string of the molecule is CCCNC(=O)C1CCN(C(=O)C2(OCc3ccccc3)CCOCC2)CC1. The van der Waals surface area contributed by atoms with Crippen molar-refractivity contribution in [2.45, 2.75) is 51.2 Å². The highest BCUT2D eigenvalue weighted by Gasteiger charge is 2.44. The second-order valence-electron chi connectivity index (χ2n) is 7.74. The molecule has 0 radical (unpaired) electrons. The van der Waals surface area contributed by atoms with Gasteiger partial charge in [0, 0.05) is 51.6 Å². The Hall–Kier alpha value is -1.92. The van der Waals surface area contributed by atoms with Gasteiger partial charge in [0.2, 0.25) is 5.91 Å². The van der Waals surface area contributed by atoms with Crippen LogP contribution in [0.3, 0.4) is 0 Å². The predicted octanol–water partition coefficient (Wildman–Crippen LogP) is 2.52. The minimum Gasteiger partial charge on any atom is -0.381 e. The highest BCUT2D eigenvalue weighted by molar-refractivity contribution is 5.86. The van der Waals surface area contributed by atoms with Crippen LogP contribution in [0.4, 0.5) is 0 Å². The van der Waals surface area contributed by atoms with Crippen LogP contribution < -0.4 is 5.32 Å². The molecule has 1 aromatic rings. The van der Waals surface area contributed by atoms with E-state index in [1.54, 1.807) is 0 Å². The molecule has 0 aromatic heterocycles. The number of ether oxygens (including phenoxy) is 2. The summed E-state index contributed by atoms with van der Waals surface area (Å²) < 4.78 is 11.7. The standard InChI is InChI=1S/C22H32N2O4/c1-2-12-23-20(25)19-8-13-24(14-9-19)21(26)22(10-15-27-16-11-22)28-17-18-6-4-3-5-7-18/h3-7,19H,2,8-17H2,1H3,(H,23,25). The van der Waals surface area contributed by atoms with Crippen LogP contribution in [-0.4, -0.2) is 55.2 Å². The molecule has 28 heavy (non-hydrogen) atoms. The van der Waals surface area contributed by atoms with E-state index in [0.29, 0.717) is 65.1 Å². The van der Waals surface area contributed by atoms with Gasteiger partial charge in [0.05, 0.1) is 6.61 Å². The van der Waals surface area contributed by atoms with Crippen molar-refractivity contribution in [3.05, 3.63) is 35.9 Å². The number of hydrogen-bond acceptors (Lipinski definition) is 4. The van der Waals surface area contributed by atoms with E-state index in [4.69, 9.17) is 9.47 Å². The van der Waals surface area contributed by atoms with Crippen molar-refractivity contribution in [2.24, 2.45) is 5.92 Å². The van der Waals surface area contributed by atoms with Gasteiger partial charge in [-0.3, -0.25) is 9.59 Å². The third kappa shape index (κ3) is 5.11. The largest absolute Gasteiger partial charge is 0.381 e. The van der Waals surface area contributed by atoms with Crippen molar-refractivity contribution in [3.8, 4) is 0 Å². The molecule has 0 unspecified atom stereocenters. The molecule has 6 nitrogen and oxygen atoms in total. The first-order valence-electron chi connectivity index (χ1n) is 10.5. The van der Waals surface area contributed by atoms with E-state index >= 15 is 0 Å². The fraction of sp³-hybridized carbons (Fsp3) is 0.636. The fourth-order valence-electron chi connectivity index (χ4n) is 3.94. The van der Waals surface area contributed by atoms with Crippen LogP contribution in [-0.2, 0) is 25.7 Å². The quantitative estimate of drug-likeness (QED) is 0.779. The van der Waals surface area contributed by atoms with Crippen molar-refractivity contribution in [2.75, 3.05) is 32.8 Å². The summed E-state index contributed by atoms with van der Waals surface area (Å²) in [6.45, 7) is 5.48. The molecule has 1 N–H and O–H groups in total. The summed E-state index contributed by atoms with van der Waals surface area (Å²) in [5, 5.41) is 2.97. The van der Waals surface area contributed by atoms with Gasteiger partial charge < -0.3 is 19.7 Å². The molecule has 2 heterocycles. The van der Waals surface area contributed by atoms with Crippen LogP contribution in [0.2, 0.25) is 0 Å². The van der Waals surface area contributed by atoms with Crippen molar-refractivity contribution in [1.82, 2.24) is 10.2 Å². The molecule has 0 saturated carbocycles. The van der Waals surface area contributed by atoms with Gasteiger partial charge in [-0.2, -0.15) is 0 Å². The topological polar surface area (TPSA) is 67.9 Å². The molecule has 6 heteroatoms. The summed E-state index contributed by atoms with van der Waals surface area (Å²) >= 11 is 0.